The summed E-state index contributed by atoms with van der Waals surface area (Å²) in [6, 6.07) is -0.682. The lowest BCUT2D eigenvalue weighted by molar-refractivity contribution is -0.121. The van der Waals surface area contributed by atoms with Gasteiger partial charge in [-0.25, -0.2) is 15.3 Å². The molecule has 0 aromatic carbocycles. The summed E-state index contributed by atoms with van der Waals surface area (Å²) >= 11 is 0. The Kier molecular flexibility index (Phi) is 5.84. The molecule has 9 heteroatoms. The number of H-pyrrole nitrogens is 2. The van der Waals surface area contributed by atoms with E-state index in [2.05, 4.69) is 38.2 Å². The highest BCUT2D eigenvalue weighted by Gasteiger charge is 2.18. The molecule has 1 amide bonds. The molecule has 1 heterocycles. The van der Waals surface area contributed by atoms with Gasteiger partial charge in [0.1, 0.15) is 6.04 Å². The van der Waals surface area contributed by atoms with Crippen molar-refractivity contribution in [3.8, 4) is 0 Å². The van der Waals surface area contributed by atoms with Crippen LogP contribution < -0.4 is 22.0 Å². The monoisotopic (exact) mass is 320 g/mol. The van der Waals surface area contributed by atoms with Gasteiger partial charge in [-0.15, -0.1) is 5.10 Å². The highest BCUT2D eigenvalue weighted by Crippen LogP contribution is 2.15. The van der Waals surface area contributed by atoms with Crippen molar-refractivity contribution in [3.63, 3.8) is 0 Å². The minimum Gasteiger partial charge on any atom is -0.352 e. The number of hydrazone groups is 1. The molecule has 23 heavy (non-hydrogen) atoms. The van der Waals surface area contributed by atoms with Crippen LogP contribution in [0.25, 0.3) is 0 Å². The zero-order chi connectivity index (χ0) is 16.7. The topological polar surface area (TPSA) is 132 Å². The van der Waals surface area contributed by atoms with E-state index in [4.69, 9.17) is 0 Å². The number of anilines is 1. The second-order valence-electron chi connectivity index (χ2n) is 5.26. The molecule has 0 unspecified atom stereocenters. The Hall–Kier alpha value is -2.71. The van der Waals surface area contributed by atoms with E-state index in [-0.39, 0.29) is 11.7 Å². The molecule has 0 fully saturated rings. The highest BCUT2D eigenvalue weighted by molar-refractivity contribution is 5.84. The largest absolute Gasteiger partial charge is 0.352 e. The third-order valence-electron chi connectivity index (χ3n) is 3.52. The molecule has 1 aliphatic rings. The van der Waals surface area contributed by atoms with Crippen LogP contribution in [0.2, 0.25) is 0 Å². The van der Waals surface area contributed by atoms with E-state index in [1.165, 1.54) is 0 Å². The van der Waals surface area contributed by atoms with Crippen LogP contribution in [0.5, 0.6) is 0 Å². The lowest BCUT2D eigenvalue weighted by Gasteiger charge is -2.15. The van der Waals surface area contributed by atoms with Crippen molar-refractivity contribution < 1.29 is 4.79 Å². The SMILES string of the molecule is CC[C@H](Nc1n[nH]c(=O)[nH]c1=O)C(=O)NN=C[C@H]1CC=CCC1. The lowest BCUT2D eigenvalue weighted by atomic mass is 9.96. The molecular weight excluding hydrogens is 300 g/mol. The van der Waals surface area contributed by atoms with Gasteiger partial charge in [-0.05, 0) is 31.6 Å². The van der Waals surface area contributed by atoms with Crippen LogP contribution in [0, 0.1) is 5.92 Å². The van der Waals surface area contributed by atoms with Crippen molar-refractivity contribution >= 4 is 17.9 Å². The second kappa shape index (κ2) is 8.06. The maximum atomic E-state index is 12.1. The molecule has 2 rings (SSSR count). The molecule has 0 radical (unpaired) electrons. The number of nitrogens with one attached hydrogen (secondary N) is 4. The van der Waals surface area contributed by atoms with E-state index in [1.807, 2.05) is 4.98 Å². The number of aromatic nitrogens is 3. The van der Waals surface area contributed by atoms with Crippen molar-refractivity contribution in [1.82, 2.24) is 20.6 Å². The van der Waals surface area contributed by atoms with Gasteiger partial charge in [0.2, 0.25) is 5.82 Å². The molecule has 2 atom stereocenters. The van der Waals surface area contributed by atoms with Gasteiger partial charge in [-0.1, -0.05) is 19.1 Å². The minimum absolute atomic E-state index is 0.118. The number of allylic oxidation sites excluding steroid dienone is 2. The number of carbonyl (C=O) groups is 1. The molecule has 124 valence electrons. The van der Waals surface area contributed by atoms with E-state index in [9.17, 15) is 14.4 Å². The number of amides is 1. The average Bonchev–Trinajstić information content (AvgIpc) is 2.55. The molecule has 1 aromatic heterocycles. The van der Waals surface area contributed by atoms with Crippen LogP contribution in [0.15, 0.2) is 26.8 Å². The Balaban J connectivity index is 1.92. The van der Waals surface area contributed by atoms with Crippen LogP contribution in [-0.2, 0) is 4.79 Å². The molecule has 4 N–H and O–H groups in total. The molecule has 1 aromatic rings. The maximum absolute atomic E-state index is 12.1. The quantitative estimate of drug-likeness (QED) is 0.335. The van der Waals surface area contributed by atoms with Gasteiger partial charge in [-0.3, -0.25) is 14.6 Å². The minimum atomic E-state index is -0.704. The van der Waals surface area contributed by atoms with Crippen LogP contribution in [-0.4, -0.2) is 33.3 Å². The Labute approximate surface area is 132 Å². The number of hydrogen-bond acceptors (Lipinski definition) is 6. The average molecular weight is 320 g/mol. The first-order chi connectivity index (χ1) is 11.1. The fraction of sp³-hybridized carbons (Fsp3) is 0.500. The van der Waals surface area contributed by atoms with Gasteiger partial charge in [0.05, 0.1) is 0 Å². The van der Waals surface area contributed by atoms with Crippen LogP contribution in [0.4, 0.5) is 5.82 Å². The van der Waals surface area contributed by atoms with E-state index in [0.717, 1.165) is 19.3 Å². The normalized spacial score (nSPS) is 18.7. The van der Waals surface area contributed by atoms with Gasteiger partial charge >= 0.3 is 5.69 Å². The number of aromatic amines is 2. The van der Waals surface area contributed by atoms with E-state index in [1.54, 1.807) is 13.1 Å². The Morgan fingerprint density at radius 3 is 3.00 bits per heavy atom. The molecule has 9 nitrogen and oxygen atoms in total. The van der Waals surface area contributed by atoms with Crippen molar-refractivity contribution in [2.75, 3.05) is 5.32 Å². The van der Waals surface area contributed by atoms with Gasteiger partial charge in [0.25, 0.3) is 11.5 Å². The van der Waals surface area contributed by atoms with Gasteiger partial charge in [0, 0.05) is 6.21 Å². The first-order valence-electron chi connectivity index (χ1n) is 7.53. The molecule has 0 bridgehead atoms. The molecule has 0 spiro atoms. The number of nitrogens with zero attached hydrogens (tertiary/aromatic N) is 2. The van der Waals surface area contributed by atoms with Crippen molar-refractivity contribution in [2.45, 2.75) is 38.6 Å². The molecule has 1 aliphatic carbocycles. The van der Waals surface area contributed by atoms with Crippen molar-refractivity contribution in [2.24, 2.45) is 11.0 Å². The lowest BCUT2D eigenvalue weighted by Crippen LogP contribution is -2.39. The zero-order valence-corrected chi connectivity index (χ0v) is 12.8. The van der Waals surface area contributed by atoms with Crippen LogP contribution in [0.3, 0.4) is 0 Å². The molecule has 0 saturated carbocycles. The van der Waals surface area contributed by atoms with E-state index >= 15 is 0 Å². The third-order valence-corrected chi connectivity index (χ3v) is 3.52. The summed E-state index contributed by atoms with van der Waals surface area (Å²) in [6.45, 7) is 1.78. The smallest absolute Gasteiger partial charge is 0.342 e. The Bertz CT molecular complexity index is 705. The molecular formula is C14H20N6O3. The zero-order valence-electron chi connectivity index (χ0n) is 12.8. The molecule has 0 aliphatic heterocycles. The summed E-state index contributed by atoms with van der Waals surface area (Å²) in [5.74, 6) is -0.160. The summed E-state index contributed by atoms with van der Waals surface area (Å²) in [7, 11) is 0. The summed E-state index contributed by atoms with van der Waals surface area (Å²) < 4.78 is 0. The fourth-order valence-corrected chi connectivity index (χ4v) is 2.20. The second-order valence-corrected chi connectivity index (χ2v) is 5.26. The Morgan fingerprint density at radius 1 is 1.52 bits per heavy atom. The van der Waals surface area contributed by atoms with Crippen LogP contribution >= 0.6 is 0 Å². The van der Waals surface area contributed by atoms with Gasteiger partial charge < -0.3 is 5.32 Å². The van der Waals surface area contributed by atoms with E-state index in [0.29, 0.717) is 12.3 Å². The predicted molar refractivity (Wildman–Crippen MR) is 86.3 cm³/mol. The molecule has 0 saturated heterocycles. The summed E-state index contributed by atoms with van der Waals surface area (Å²) in [6.07, 6.45) is 9.35. The first kappa shape index (κ1) is 16.7. The third kappa shape index (κ3) is 4.90. The predicted octanol–water partition coefficient (Wildman–Crippen LogP) is 0.107. The summed E-state index contributed by atoms with van der Waals surface area (Å²) in [5, 5.41) is 12.4. The first-order valence-corrected chi connectivity index (χ1v) is 7.53. The summed E-state index contributed by atoms with van der Waals surface area (Å²) in [5.41, 5.74) is 1.08. The maximum Gasteiger partial charge on any atom is 0.342 e. The van der Waals surface area contributed by atoms with Crippen molar-refractivity contribution in [1.29, 1.82) is 0 Å². The van der Waals surface area contributed by atoms with Crippen LogP contribution in [0.1, 0.15) is 32.6 Å². The van der Waals surface area contributed by atoms with Crippen molar-refractivity contribution in [3.05, 3.63) is 33.0 Å². The number of hydrogen-bond donors (Lipinski definition) is 4. The Morgan fingerprint density at radius 2 is 2.35 bits per heavy atom. The fourth-order valence-electron chi connectivity index (χ4n) is 2.20. The highest BCUT2D eigenvalue weighted by atomic mass is 16.2. The number of carbonyl (C=O) groups excluding carboxylic acids is 1. The summed E-state index contributed by atoms with van der Waals surface area (Å²) in [4.78, 5) is 36.6. The van der Waals surface area contributed by atoms with Gasteiger partial charge in [-0.2, -0.15) is 5.10 Å². The van der Waals surface area contributed by atoms with E-state index < -0.39 is 17.3 Å². The number of rotatable bonds is 6. The van der Waals surface area contributed by atoms with Gasteiger partial charge in [0.15, 0.2) is 0 Å². The standard InChI is InChI=1S/C14H20N6O3/c1-2-10(16-11-13(22)17-14(23)20-18-11)12(21)19-15-8-9-6-4-3-5-7-9/h3-4,8-10H,2,5-7H2,1H3,(H,16,18)(H,19,21)(H2,17,20,22,23)/t9-,10-/m0/s1.